The maximum absolute atomic E-state index is 6.28. The van der Waals surface area contributed by atoms with E-state index in [1.165, 1.54) is 43.2 Å². The molecule has 2 aromatic carbocycles. The zero-order valence-corrected chi connectivity index (χ0v) is 16.8. The number of hydrogen-bond donors (Lipinski definition) is 2. The van der Waals surface area contributed by atoms with Crippen molar-refractivity contribution in [2.75, 3.05) is 13.1 Å². The minimum Gasteiger partial charge on any atom is -0.312 e. The molecule has 0 radical (unpaired) electrons. The molecule has 26 heavy (non-hydrogen) atoms. The Balaban J connectivity index is 1.54. The molecule has 0 atom stereocenters. The smallest absolute Gasteiger partial charge is 0.0450 e. The lowest BCUT2D eigenvalue weighted by Gasteiger charge is -2.38. The summed E-state index contributed by atoms with van der Waals surface area (Å²) in [5, 5.41) is 9.01. The third kappa shape index (κ3) is 5.47. The van der Waals surface area contributed by atoms with Crippen LogP contribution < -0.4 is 10.6 Å². The zero-order valence-electron chi connectivity index (χ0n) is 15.2. The van der Waals surface area contributed by atoms with Gasteiger partial charge in [-0.05, 0) is 41.5 Å². The van der Waals surface area contributed by atoms with Gasteiger partial charge in [0.05, 0.1) is 0 Å². The Morgan fingerprint density at radius 2 is 1.15 bits per heavy atom. The molecule has 0 unspecified atom stereocenters. The van der Waals surface area contributed by atoms with Crippen molar-refractivity contribution in [3.05, 3.63) is 69.7 Å². The molecule has 0 aliphatic heterocycles. The number of nitrogens with one attached hydrogen (secondary N) is 2. The van der Waals surface area contributed by atoms with Crippen LogP contribution in [0.4, 0.5) is 0 Å². The summed E-state index contributed by atoms with van der Waals surface area (Å²) in [6, 6.07) is 16.2. The van der Waals surface area contributed by atoms with Gasteiger partial charge < -0.3 is 10.6 Å². The zero-order chi connectivity index (χ0) is 18.2. The average Bonchev–Trinajstić information content (AvgIpc) is 2.66. The first kappa shape index (κ1) is 19.7. The summed E-state index contributed by atoms with van der Waals surface area (Å²) in [4.78, 5) is 0. The van der Waals surface area contributed by atoms with Crippen LogP contribution in [0.1, 0.15) is 43.2 Å². The second kappa shape index (κ2) is 9.75. The van der Waals surface area contributed by atoms with Crippen LogP contribution in [-0.2, 0) is 13.1 Å². The van der Waals surface area contributed by atoms with E-state index in [1.54, 1.807) is 0 Å². The summed E-state index contributed by atoms with van der Waals surface area (Å²) >= 11 is 12.6. The second-order valence-electron chi connectivity index (χ2n) is 7.45. The molecular weight excluding hydrogens is 363 g/mol. The van der Waals surface area contributed by atoms with Crippen molar-refractivity contribution < 1.29 is 0 Å². The molecule has 0 heterocycles. The first-order valence-corrected chi connectivity index (χ1v) is 10.3. The molecule has 2 aromatic rings. The second-order valence-corrected chi connectivity index (χ2v) is 8.26. The lowest BCUT2D eigenvalue weighted by atomic mass is 9.73. The van der Waals surface area contributed by atoms with Crippen molar-refractivity contribution in [1.29, 1.82) is 0 Å². The molecule has 1 aliphatic carbocycles. The molecule has 1 aliphatic rings. The molecule has 0 bridgehead atoms. The van der Waals surface area contributed by atoms with Crippen molar-refractivity contribution >= 4 is 23.2 Å². The van der Waals surface area contributed by atoms with E-state index in [4.69, 9.17) is 23.2 Å². The maximum Gasteiger partial charge on any atom is 0.0450 e. The van der Waals surface area contributed by atoms with E-state index >= 15 is 0 Å². The summed E-state index contributed by atoms with van der Waals surface area (Å²) in [6.45, 7) is 3.69. The van der Waals surface area contributed by atoms with Gasteiger partial charge >= 0.3 is 0 Å². The van der Waals surface area contributed by atoms with Crippen molar-refractivity contribution in [3.63, 3.8) is 0 Å². The molecule has 3 rings (SSSR count). The summed E-state index contributed by atoms with van der Waals surface area (Å²) < 4.78 is 0. The van der Waals surface area contributed by atoms with E-state index in [-0.39, 0.29) is 0 Å². The molecule has 2 nitrogen and oxygen atoms in total. The topological polar surface area (TPSA) is 24.1 Å². The molecule has 4 heteroatoms. The number of hydrogen-bond acceptors (Lipinski definition) is 2. The van der Waals surface area contributed by atoms with Crippen LogP contribution in [0.25, 0.3) is 0 Å². The van der Waals surface area contributed by atoms with Crippen molar-refractivity contribution in [1.82, 2.24) is 10.6 Å². The number of rotatable bonds is 8. The Morgan fingerprint density at radius 3 is 1.62 bits per heavy atom. The van der Waals surface area contributed by atoms with Crippen LogP contribution >= 0.6 is 23.2 Å². The van der Waals surface area contributed by atoms with Crippen LogP contribution in [0.15, 0.2) is 48.5 Å². The monoisotopic (exact) mass is 390 g/mol. The molecular formula is C22H28Cl2N2. The molecule has 0 saturated heterocycles. The van der Waals surface area contributed by atoms with Gasteiger partial charge in [0.25, 0.3) is 0 Å². The van der Waals surface area contributed by atoms with Gasteiger partial charge in [0, 0.05) is 36.2 Å². The molecule has 0 amide bonds. The standard InChI is InChI=1S/C22H28Cl2N2/c23-20-10-4-2-8-18(20)14-25-16-22(12-6-1-7-13-22)17-26-15-19-9-3-5-11-21(19)24/h2-5,8-11,25-26H,1,6-7,12-17H2. The third-order valence-corrected chi connectivity index (χ3v) is 6.20. The fourth-order valence-electron chi connectivity index (χ4n) is 3.93. The highest BCUT2D eigenvalue weighted by molar-refractivity contribution is 6.31. The average molecular weight is 391 g/mol. The van der Waals surface area contributed by atoms with Crippen LogP contribution in [0.2, 0.25) is 10.0 Å². The van der Waals surface area contributed by atoms with E-state index in [0.717, 1.165) is 36.2 Å². The molecule has 0 spiro atoms. The quantitative estimate of drug-likeness (QED) is 0.592. The predicted molar refractivity (Wildman–Crippen MR) is 112 cm³/mol. The van der Waals surface area contributed by atoms with Crippen LogP contribution in [0.3, 0.4) is 0 Å². The SMILES string of the molecule is Clc1ccccc1CNCC1(CNCc2ccccc2Cl)CCCCC1. The van der Waals surface area contributed by atoms with Gasteiger partial charge in [-0.2, -0.15) is 0 Å². The van der Waals surface area contributed by atoms with Gasteiger partial charge in [0.2, 0.25) is 0 Å². The van der Waals surface area contributed by atoms with E-state index in [9.17, 15) is 0 Å². The van der Waals surface area contributed by atoms with Gasteiger partial charge in [-0.1, -0.05) is 78.9 Å². The van der Waals surface area contributed by atoms with Crippen molar-refractivity contribution in [2.24, 2.45) is 5.41 Å². The highest BCUT2D eigenvalue weighted by Gasteiger charge is 2.31. The van der Waals surface area contributed by atoms with Gasteiger partial charge in [-0.25, -0.2) is 0 Å². The largest absolute Gasteiger partial charge is 0.312 e. The highest BCUT2D eigenvalue weighted by Crippen LogP contribution is 2.35. The Hall–Kier alpha value is -1.06. The summed E-state index contributed by atoms with van der Waals surface area (Å²) in [5.74, 6) is 0. The van der Waals surface area contributed by atoms with Crippen LogP contribution in [-0.4, -0.2) is 13.1 Å². The molecule has 2 N–H and O–H groups in total. The maximum atomic E-state index is 6.28. The fourth-order valence-corrected chi connectivity index (χ4v) is 4.33. The van der Waals surface area contributed by atoms with Gasteiger partial charge in [0.15, 0.2) is 0 Å². The Labute approximate surface area is 167 Å². The first-order valence-electron chi connectivity index (χ1n) is 9.57. The van der Waals surface area contributed by atoms with Crippen molar-refractivity contribution in [2.45, 2.75) is 45.2 Å². The minimum atomic E-state index is 0.320. The van der Waals surface area contributed by atoms with E-state index in [1.807, 2.05) is 36.4 Å². The van der Waals surface area contributed by atoms with E-state index in [2.05, 4.69) is 22.8 Å². The predicted octanol–water partition coefficient (Wildman–Crippen LogP) is 5.82. The lowest BCUT2D eigenvalue weighted by molar-refractivity contribution is 0.175. The molecule has 0 aromatic heterocycles. The summed E-state index contributed by atoms with van der Waals surface area (Å²) in [6.07, 6.45) is 6.55. The van der Waals surface area contributed by atoms with Crippen LogP contribution in [0.5, 0.6) is 0 Å². The Bertz CT molecular complexity index is 643. The normalized spacial score (nSPS) is 16.5. The molecule has 1 saturated carbocycles. The molecule has 140 valence electrons. The third-order valence-electron chi connectivity index (χ3n) is 5.46. The number of halogens is 2. The van der Waals surface area contributed by atoms with Gasteiger partial charge in [-0.3, -0.25) is 0 Å². The van der Waals surface area contributed by atoms with Gasteiger partial charge in [0.1, 0.15) is 0 Å². The fraction of sp³-hybridized carbons (Fsp3) is 0.455. The summed E-state index contributed by atoms with van der Waals surface area (Å²) in [5.41, 5.74) is 2.66. The van der Waals surface area contributed by atoms with E-state index in [0.29, 0.717) is 5.41 Å². The number of benzene rings is 2. The lowest BCUT2D eigenvalue weighted by Crippen LogP contribution is -2.43. The highest BCUT2D eigenvalue weighted by atomic mass is 35.5. The minimum absolute atomic E-state index is 0.320. The molecule has 1 fully saturated rings. The van der Waals surface area contributed by atoms with Crippen molar-refractivity contribution in [3.8, 4) is 0 Å². The van der Waals surface area contributed by atoms with E-state index < -0.39 is 0 Å². The Kier molecular flexibility index (Phi) is 7.39. The Morgan fingerprint density at radius 1 is 0.692 bits per heavy atom. The van der Waals surface area contributed by atoms with Crippen LogP contribution in [0, 0.1) is 5.41 Å². The first-order chi connectivity index (χ1) is 12.7. The van der Waals surface area contributed by atoms with Gasteiger partial charge in [-0.15, -0.1) is 0 Å². The summed E-state index contributed by atoms with van der Waals surface area (Å²) in [7, 11) is 0.